The molecule has 0 aromatic heterocycles. The van der Waals surface area contributed by atoms with Gasteiger partial charge in [0.15, 0.2) is 0 Å². The molecule has 3 aliphatic rings. The third-order valence-electron chi connectivity index (χ3n) is 7.66. The smallest absolute Gasteiger partial charge is 0.462 e. The first-order valence-electron chi connectivity index (χ1n) is 10.6. The molecule has 3 aliphatic carbocycles. The van der Waals surface area contributed by atoms with Gasteiger partial charge in [0.05, 0.1) is 0 Å². The molecule has 0 bridgehead atoms. The van der Waals surface area contributed by atoms with Gasteiger partial charge in [-0.1, -0.05) is 6.92 Å². The van der Waals surface area contributed by atoms with Gasteiger partial charge in [-0.15, -0.1) is 0 Å². The van der Waals surface area contributed by atoms with Crippen LogP contribution in [0.3, 0.4) is 0 Å². The molecule has 0 spiro atoms. The summed E-state index contributed by atoms with van der Waals surface area (Å²) >= 11 is 0. The van der Waals surface area contributed by atoms with Crippen molar-refractivity contribution in [3.8, 4) is 5.75 Å². The highest BCUT2D eigenvalue weighted by atomic mass is 19.4. The highest BCUT2D eigenvalue weighted by molar-refractivity contribution is 5.78. The van der Waals surface area contributed by atoms with Crippen molar-refractivity contribution >= 4 is 11.9 Å². The van der Waals surface area contributed by atoms with Crippen LogP contribution in [0.25, 0.3) is 0 Å². The number of aryl methyl sites for hydroxylation is 2. The Morgan fingerprint density at radius 2 is 1.87 bits per heavy atom. The largest absolute Gasteiger partial charge is 0.491 e. The van der Waals surface area contributed by atoms with Crippen molar-refractivity contribution < 1.29 is 32.2 Å². The molecular weight excluding hydrogens is 397 g/mol. The lowest BCUT2D eigenvalue weighted by Gasteiger charge is -2.50. The molecule has 2 fully saturated rings. The first-order chi connectivity index (χ1) is 14.0. The van der Waals surface area contributed by atoms with E-state index < -0.39 is 12.1 Å². The summed E-state index contributed by atoms with van der Waals surface area (Å²) in [5.74, 6) is -1.17. The van der Waals surface area contributed by atoms with Crippen molar-refractivity contribution in [3.05, 3.63) is 28.8 Å². The lowest BCUT2D eigenvalue weighted by Crippen LogP contribution is -2.45. The molecular formula is C23H27F3O4. The Morgan fingerprint density at radius 3 is 2.53 bits per heavy atom. The third-order valence-corrected chi connectivity index (χ3v) is 7.66. The van der Waals surface area contributed by atoms with Crippen molar-refractivity contribution in [2.45, 2.75) is 77.5 Å². The summed E-state index contributed by atoms with van der Waals surface area (Å²) in [5.41, 5.74) is 3.06. The fourth-order valence-electron chi connectivity index (χ4n) is 6.51. The van der Waals surface area contributed by atoms with Gasteiger partial charge in [0.25, 0.3) is 0 Å². The molecule has 0 unspecified atom stereocenters. The normalized spacial score (nSPS) is 32.6. The minimum Gasteiger partial charge on any atom is -0.462 e. The Labute approximate surface area is 174 Å². The van der Waals surface area contributed by atoms with Gasteiger partial charge in [-0.2, -0.15) is 13.2 Å². The predicted molar refractivity (Wildman–Crippen MR) is 103 cm³/mol. The lowest BCUT2D eigenvalue weighted by molar-refractivity contribution is -0.189. The molecule has 164 valence electrons. The zero-order chi connectivity index (χ0) is 21.8. The number of carbonyl (C=O) groups excluding carboxylic acids is 2. The quantitative estimate of drug-likeness (QED) is 0.481. The fourth-order valence-corrected chi connectivity index (χ4v) is 6.51. The van der Waals surface area contributed by atoms with Crippen molar-refractivity contribution in [3.63, 3.8) is 0 Å². The monoisotopic (exact) mass is 424 g/mol. The average Bonchev–Trinajstić information content (AvgIpc) is 2.96. The number of hydrogen-bond acceptors (Lipinski definition) is 4. The maximum Gasteiger partial charge on any atom is 0.491 e. The molecule has 2 saturated carbocycles. The van der Waals surface area contributed by atoms with Crippen LogP contribution >= 0.6 is 0 Å². The SMILES string of the molecule is CC(=O)O[C@H]1CC[C@H]2[C@@H]3CCc4cc(OC(=O)C(F)(F)F)cc(C)c4[C@H]3CC[C@]12C. The fraction of sp³-hybridized carbons (Fsp3) is 0.652. The van der Waals surface area contributed by atoms with Gasteiger partial charge in [0.2, 0.25) is 0 Å². The standard InChI is InChI=1S/C23H27F3O4/c1-12-10-15(30-21(28)23(24,25)26)11-14-4-5-16-17(20(12)14)8-9-22(3)18(16)6-7-19(22)29-13(2)27/h10-11,16-19H,4-9H2,1-3H3/t16-,17+,18+,19+,22+/m1/s1. The Hall–Kier alpha value is -2.05. The van der Waals surface area contributed by atoms with Gasteiger partial charge in [0.1, 0.15) is 11.9 Å². The van der Waals surface area contributed by atoms with Crippen molar-refractivity contribution in [2.24, 2.45) is 17.3 Å². The zero-order valence-electron chi connectivity index (χ0n) is 17.5. The number of ether oxygens (including phenoxy) is 2. The first-order valence-corrected chi connectivity index (χ1v) is 10.6. The Kier molecular flexibility index (Phi) is 5.14. The van der Waals surface area contributed by atoms with E-state index in [4.69, 9.17) is 4.74 Å². The van der Waals surface area contributed by atoms with Crippen molar-refractivity contribution in [1.29, 1.82) is 0 Å². The van der Waals surface area contributed by atoms with E-state index in [2.05, 4.69) is 11.7 Å². The summed E-state index contributed by atoms with van der Waals surface area (Å²) in [6.45, 7) is 5.60. The van der Waals surface area contributed by atoms with Crippen LogP contribution in [0.2, 0.25) is 0 Å². The molecule has 7 heteroatoms. The molecule has 0 radical (unpaired) electrons. The van der Waals surface area contributed by atoms with Crippen LogP contribution < -0.4 is 4.74 Å². The van der Waals surface area contributed by atoms with E-state index in [0.29, 0.717) is 17.8 Å². The van der Waals surface area contributed by atoms with Gasteiger partial charge >= 0.3 is 18.1 Å². The van der Waals surface area contributed by atoms with Gasteiger partial charge in [-0.25, -0.2) is 4.79 Å². The van der Waals surface area contributed by atoms with Crippen LogP contribution in [0.4, 0.5) is 13.2 Å². The van der Waals surface area contributed by atoms with Gasteiger partial charge in [0, 0.05) is 12.3 Å². The lowest BCUT2D eigenvalue weighted by atomic mass is 9.55. The minimum atomic E-state index is -5.01. The maximum atomic E-state index is 12.6. The number of esters is 2. The molecule has 0 aliphatic heterocycles. The van der Waals surface area contributed by atoms with Crippen LogP contribution in [0, 0.1) is 24.2 Å². The second-order valence-corrected chi connectivity index (χ2v) is 9.34. The molecule has 5 atom stereocenters. The van der Waals surface area contributed by atoms with E-state index >= 15 is 0 Å². The van der Waals surface area contributed by atoms with E-state index in [1.54, 1.807) is 12.1 Å². The average molecular weight is 424 g/mol. The van der Waals surface area contributed by atoms with E-state index in [-0.39, 0.29) is 23.2 Å². The number of benzene rings is 1. The van der Waals surface area contributed by atoms with Crippen LogP contribution in [0.15, 0.2) is 12.1 Å². The highest BCUT2D eigenvalue weighted by Crippen LogP contribution is 2.62. The Bertz CT molecular complexity index is 878. The molecule has 4 nitrogen and oxygen atoms in total. The predicted octanol–water partition coefficient (Wildman–Crippen LogP) is 5.25. The van der Waals surface area contributed by atoms with E-state index in [1.807, 2.05) is 6.92 Å². The van der Waals surface area contributed by atoms with Crippen molar-refractivity contribution in [1.82, 2.24) is 0 Å². The zero-order valence-corrected chi connectivity index (χ0v) is 17.5. The summed E-state index contributed by atoms with van der Waals surface area (Å²) < 4.78 is 47.9. The highest BCUT2D eigenvalue weighted by Gasteiger charge is 2.56. The number of hydrogen-bond donors (Lipinski definition) is 0. The first kappa shape index (κ1) is 21.2. The third kappa shape index (κ3) is 3.50. The van der Waals surface area contributed by atoms with E-state index in [0.717, 1.165) is 49.7 Å². The molecule has 0 N–H and O–H groups in total. The van der Waals surface area contributed by atoms with Gasteiger partial charge in [-0.05, 0) is 92.0 Å². The topological polar surface area (TPSA) is 52.6 Å². The number of halogens is 3. The second kappa shape index (κ2) is 7.27. The number of carbonyl (C=O) groups is 2. The second-order valence-electron chi connectivity index (χ2n) is 9.34. The molecule has 0 amide bonds. The summed E-state index contributed by atoms with van der Waals surface area (Å²) in [7, 11) is 0. The molecule has 0 saturated heterocycles. The number of rotatable bonds is 2. The minimum absolute atomic E-state index is 0.0135. The van der Waals surface area contributed by atoms with Crippen molar-refractivity contribution in [2.75, 3.05) is 0 Å². The Morgan fingerprint density at radius 1 is 1.13 bits per heavy atom. The summed E-state index contributed by atoms with van der Waals surface area (Å²) in [5, 5.41) is 0. The molecule has 30 heavy (non-hydrogen) atoms. The maximum absolute atomic E-state index is 12.6. The number of alkyl halides is 3. The summed E-state index contributed by atoms with van der Waals surface area (Å²) in [6, 6.07) is 3.15. The summed E-state index contributed by atoms with van der Waals surface area (Å²) in [4.78, 5) is 22.8. The van der Waals surface area contributed by atoms with E-state index in [1.165, 1.54) is 12.5 Å². The van der Waals surface area contributed by atoms with Crippen LogP contribution in [-0.4, -0.2) is 24.2 Å². The van der Waals surface area contributed by atoms with Crippen LogP contribution in [-0.2, 0) is 20.7 Å². The molecule has 1 aromatic carbocycles. The van der Waals surface area contributed by atoms with Gasteiger partial charge < -0.3 is 9.47 Å². The van der Waals surface area contributed by atoms with Crippen LogP contribution in [0.1, 0.15) is 68.6 Å². The van der Waals surface area contributed by atoms with Crippen LogP contribution in [0.5, 0.6) is 5.75 Å². The molecule has 4 rings (SSSR count). The summed E-state index contributed by atoms with van der Waals surface area (Å²) in [6.07, 6.45) is 0.496. The number of fused-ring (bicyclic) bond motifs is 5. The van der Waals surface area contributed by atoms with E-state index in [9.17, 15) is 22.8 Å². The molecule has 0 heterocycles. The van der Waals surface area contributed by atoms with Gasteiger partial charge in [-0.3, -0.25) is 4.79 Å². The Balaban J connectivity index is 1.59. The molecule has 1 aromatic rings.